The average molecular weight is 267 g/mol. The maximum Gasteiger partial charge on any atom is 0.0345 e. The molecule has 1 aliphatic carbocycles. The fourth-order valence-electron chi connectivity index (χ4n) is 3.49. The smallest absolute Gasteiger partial charge is 0.0345 e. The second-order valence-corrected chi connectivity index (χ2v) is 7.60. The minimum atomic E-state index is 0.568. The van der Waals surface area contributed by atoms with Gasteiger partial charge < -0.3 is 10.2 Å². The predicted octanol–water partition coefficient (Wildman–Crippen LogP) is 2.18. The first kappa shape index (κ1) is 15.3. The molecule has 1 heterocycles. The molecule has 0 radical (unpaired) electrons. The average Bonchev–Trinajstić information content (AvgIpc) is 2.52. The van der Waals surface area contributed by atoms with Crippen LogP contribution in [0.2, 0.25) is 0 Å². The van der Waals surface area contributed by atoms with Crippen LogP contribution in [0.25, 0.3) is 0 Å². The standard InChI is InChI=1S/C16H33N3/c1-16(2)8-5-6-14(7-9-16)17-12-15-13-18(3)10-11-19(15)4/h14-15,17H,5-13H2,1-4H3. The van der Waals surface area contributed by atoms with Crippen molar-refractivity contribution in [1.29, 1.82) is 0 Å². The van der Waals surface area contributed by atoms with Gasteiger partial charge in [0.05, 0.1) is 0 Å². The molecule has 112 valence electrons. The summed E-state index contributed by atoms with van der Waals surface area (Å²) in [6.45, 7) is 9.65. The minimum Gasteiger partial charge on any atom is -0.312 e. The van der Waals surface area contributed by atoms with Crippen LogP contribution < -0.4 is 5.32 Å². The van der Waals surface area contributed by atoms with Crippen LogP contribution in [0.15, 0.2) is 0 Å². The molecule has 2 atom stereocenters. The van der Waals surface area contributed by atoms with Crippen LogP contribution in [0.4, 0.5) is 0 Å². The van der Waals surface area contributed by atoms with E-state index in [1.165, 1.54) is 51.7 Å². The first-order valence-electron chi connectivity index (χ1n) is 8.08. The molecule has 2 fully saturated rings. The Hall–Kier alpha value is -0.120. The first-order valence-corrected chi connectivity index (χ1v) is 8.08. The summed E-state index contributed by atoms with van der Waals surface area (Å²) in [4.78, 5) is 4.98. The zero-order valence-electron chi connectivity index (χ0n) is 13.4. The number of nitrogens with one attached hydrogen (secondary N) is 1. The largest absolute Gasteiger partial charge is 0.312 e. The van der Waals surface area contributed by atoms with Crippen molar-refractivity contribution in [3.05, 3.63) is 0 Å². The van der Waals surface area contributed by atoms with Crippen LogP contribution in [0, 0.1) is 5.41 Å². The second-order valence-electron chi connectivity index (χ2n) is 7.60. The van der Waals surface area contributed by atoms with Crippen LogP contribution >= 0.6 is 0 Å². The van der Waals surface area contributed by atoms with Crippen molar-refractivity contribution < 1.29 is 0 Å². The molecule has 1 saturated carbocycles. The number of hydrogen-bond donors (Lipinski definition) is 1. The SMILES string of the molecule is CN1CCN(C)C(CNC2CCCC(C)(C)CC2)C1. The molecule has 1 aliphatic heterocycles. The van der Waals surface area contributed by atoms with E-state index >= 15 is 0 Å². The Morgan fingerprint density at radius 3 is 2.68 bits per heavy atom. The zero-order chi connectivity index (χ0) is 13.9. The van der Waals surface area contributed by atoms with E-state index in [9.17, 15) is 0 Å². The normalized spacial score (nSPS) is 34.1. The number of hydrogen-bond acceptors (Lipinski definition) is 3. The number of piperazine rings is 1. The molecule has 2 rings (SSSR count). The number of likely N-dealkylation sites (N-methyl/N-ethyl adjacent to an activating group) is 2. The van der Waals surface area contributed by atoms with Gasteiger partial charge in [0.2, 0.25) is 0 Å². The van der Waals surface area contributed by atoms with Gasteiger partial charge in [-0.1, -0.05) is 20.3 Å². The fraction of sp³-hybridized carbons (Fsp3) is 1.00. The summed E-state index contributed by atoms with van der Waals surface area (Å²) in [7, 11) is 4.52. The van der Waals surface area contributed by atoms with Crippen molar-refractivity contribution in [2.24, 2.45) is 5.41 Å². The van der Waals surface area contributed by atoms with Crippen LogP contribution in [-0.4, -0.2) is 62.2 Å². The van der Waals surface area contributed by atoms with Crippen molar-refractivity contribution >= 4 is 0 Å². The molecule has 1 N–H and O–H groups in total. The summed E-state index contributed by atoms with van der Waals surface area (Å²) in [5.41, 5.74) is 0.568. The molecule has 3 nitrogen and oxygen atoms in total. The molecular weight excluding hydrogens is 234 g/mol. The minimum absolute atomic E-state index is 0.568. The van der Waals surface area contributed by atoms with E-state index in [-0.39, 0.29) is 0 Å². The summed E-state index contributed by atoms with van der Waals surface area (Å²) in [5, 5.41) is 3.85. The third-order valence-corrected chi connectivity index (χ3v) is 5.20. The van der Waals surface area contributed by atoms with Crippen LogP contribution in [0.1, 0.15) is 46.0 Å². The van der Waals surface area contributed by atoms with Crippen molar-refractivity contribution in [3.8, 4) is 0 Å². The molecule has 0 spiro atoms. The molecule has 19 heavy (non-hydrogen) atoms. The van der Waals surface area contributed by atoms with Gasteiger partial charge >= 0.3 is 0 Å². The van der Waals surface area contributed by atoms with Crippen molar-refractivity contribution in [1.82, 2.24) is 15.1 Å². The molecule has 3 heteroatoms. The van der Waals surface area contributed by atoms with E-state index in [2.05, 4.69) is 43.1 Å². The Morgan fingerprint density at radius 2 is 1.89 bits per heavy atom. The lowest BCUT2D eigenvalue weighted by molar-refractivity contribution is 0.111. The van der Waals surface area contributed by atoms with Crippen LogP contribution in [-0.2, 0) is 0 Å². The topological polar surface area (TPSA) is 18.5 Å². The first-order chi connectivity index (χ1) is 8.96. The van der Waals surface area contributed by atoms with Crippen molar-refractivity contribution in [2.45, 2.75) is 58.0 Å². The molecule has 0 aromatic heterocycles. The third-order valence-electron chi connectivity index (χ3n) is 5.20. The van der Waals surface area contributed by atoms with Gasteiger partial charge in [-0.2, -0.15) is 0 Å². The van der Waals surface area contributed by atoms with Gasteiger partial charge in [-0.05, 0) is 45.2 Å². The van der Waals surface area contributed by atoms with E-state index in [4.69, 9.17) is 0 Å². The Balaban J connectivity index is 1.75. The maximum absolute atomic E-state index is 3.85. The lowest BCUT2D eigenvalue weighted by Gasteiger charge is -2.38. The second kappa shape index (κ2) is 6.55. The number of rotatable bonds is 3. The van der Waals surface area contributed by atoms with Gasteiger partial charge in [0, 0.05) is 38.3 Å². The van der Waals surface area contributed by atoms with E-state index < -0.39 is 0 Å². The van der Waals surface area contributed by atoms with E-state index in [1.54, 1.807) is 0 Å². The van der Waals surface area contributed by atoms with Gasteiger partial charge in [-0.25, -0.2) is 0 Å². The van der Waals surface area contributed by atoms with Gasteiger partial charge in [0.15, 0.2) is 0 Å². The van der Waals surface area contributed by atoms with Crippen LogP contribution in [0.5, 0.6) is 0 Å². The highest BCUT2D eigenvalue weighted by Crippen LogP contribution is 2.33. The maximum atomic E-state index is 3.85. The molecule has 2 unspecified atom stereocenters. The van der Waals surface area contributed by atoms with Crippen molar-refractivity contribution in [2.75, 3.05) is 40.3 Å². The molecule has 0 aromatic carbocycles. The molecule has 0 bridgehead atoms. The number of nitrogens with zero attached hydrogens (tertiary/aromatic N) is 2. The molecule has 0 amide bonds. The zero-order valence-corrected chi connectivity index (χ0v) is 13.4. The highest BCUT2D eigenvalue weighted by atomic mass is 15.3. The lowest BCUT2D eigenvalue weighted by atomic mass is 9.85. The summed E-state index contributed by atoms with van der Waals surface area (Å²) >= 11 is 0. The predicted molar refractivity (Wildman–Crippen MR) is 82.6 cm³/mol. The van der Waals surface area contributed by atoms with E-state index in [0.717, 1.165) is 12.6 Å². The van der Waals surface area contributed by atoms with Gasteiger partial charge in [-0.3, -0.25) is 4.90 Å². The summed E-state index contributed by atoms with van der Waals surface area (Å²) < 4.78 is 0. The van der Waals surface area contributed by atoms with Crippen LogP contribution in [0.3, 0.4) is 0 Å². The summed E-state index contributed by atoms with van der Waals surface area (Å²) in [6, 6.07) is 1.44. The Morgan fingerprint density at radius 1 is 1.11 bits per heavy atom. The Bertz CT molecular complexity index is 277. The lowest BCUT2D eigenvalue weighted by Crippen LogP contribution is -2.54. The molecule has 1 saturated heterocycles. The Labute approximate surface area is 119 Å². The van der Waals surface area contributed by atoms with Gasteiger partial charge in [0.25, 0.3) is 0 Å². The third kappa shape index (κ3) is 4.73. The van der Waals surface area contributed by atoms with Gasteiger partial charge in [-0.15, -0.1) is 0 Å². The quantitative estimate of drug-likeness (QED) is 0.791. The molecule has 0 aromatic rings. The van der Waals surface area contributed by atoms with Crippen molar-refractivity contribution in [3.63, 3.8) is 0 Å². The monoisotopic (exact) mass is 267 g/mol. The fourth-order valence-corrected chi connectivity index (χ4v) is 3.49. The Kier molecular flexibility index (Phi) is 5.27. The van der Waals surface area contributed by atoms with E-state index in [0.29, 0.717) is 11.5 Å². The highest BCUT2D eigenvalue weighted by molar-refractivity contribution is 4.84. The highest BCUT2D eigenvalue weighted by Gasteiger charge is 2.26. The molecule has 2 aliphatic rings. The summed E-state index contributed by atoms with van der Waals surface area (Å²) in [5.74, 6) is 0. The van der Waals surface area contributed by atoms with E-state index in [1.807, 2.05) is 0 Å². The van der Waals surface area contributed by atoms with Gasteiger partial charge in [0.1, 0.15) is 0 Å². The summed E-state index contributed by atoms with van der Waals surface area (Å²) in [6.07, 6.45) is 6.91. The molecular formula is C16H33N3.